The summed E-state index contributed by atoms with van der Waals surface area (Å²) in [6.07, 6.45) is -0.507. The Hall–Kier alpha value is -0.0800. The largest absolute Gasteiger partial charge is 0.372 e. The van der Waals surface area contributed by atoms with Gasteiger partial charge in [0.05, 0.1) is 0 Å². The third-order valence-corrected chi connectivity index (χ3v) is 1.12. The standard InChI is InChI=1S/C6H10ClFO/c1-3-9-5(2)6(8)4-7/h4-5H,3H2,1-2H3/b6-4-. The van der Waals surface area contributed by atoms with Gasteiger partial charge in [-0.3, -0.25) is 0 Å². The van der Waals surface area contributed by atoms with Crippen molar-refractivity contribution in [2.75, 3.05) is 6.61 Å². The van der Waals surface area contributed by atoms with E-state index in [0.717, 1.165) is 5.54 Å². The first kappa shape index (κ1) is 8.92. The first-order valence-corrected chi connectivity index (χ1v) is 3.23. The molecule has 1 unspecified atom stereocenters. The SMILES string of the molecule is CCOC(C)/C(F)=C/Cl. The van der Waals surface area contributed by atoms with Gasteiger partial charge in [0.2, 0.25) is 0 Å². The highest BCUT2D eigenvalue weighted by atomic mass is 35.5. The van der Waals surface area contributed by atoms with Crippen LogP contribution in [0.15, 0.2) is 11.4 Å². The van der Waals surface area contributed by atoms with Gasteiger partial charge in [-0.1, -0.05) is 11.6 Å². The van der Waals surface area contributed by atoms with Crippen molar-refractivity contribution < 1.29 is 9.13 Å². The van der Waals surface area contributed by atoms with Crippen LogP contribution in [0.25, 0.3) is 0 Å². The van der Waals surface area contributed by atoms with Gasteiger partial charge < -0.3 is 4.74 Å². The molecule has 0 aromatic heterocycles. The molecule has 0 saturated carbocycles. The van der Waals surface area contributed by atoms with Crippen LogP contribution in [0, 0.1) is 0 Å². The van der Waals surface area contributed by atoms with Crippen molar-refractivity contribution in [1.82, 2.24) is 0 Å². The van der Waals surface area contributed by atoms with E-state index in [-0.39, 0.29) is 0 Å². The van der Waals surface area contributed by atoms with Gasteiger partial charge in [0.1, 0.15) is 11.9 Å². The lowest BCUT2D eigenvalue weighted by Gasteiger charge is -2.06. The van der Waals surface area contributed by atoms with Crippen molar-refractivity contribution in [2.45, 2.75) is 20.0 Å². The predicted octanol–water partition coefficient (Wildman–Crippen LogP) is 2.46. The summed E-state index contributed by atoms with van der Waals surface area (Å²) in [4.78, 5) is 0. The Morgan fingerprint density at radius 3 is 2.78 bits per heavy atom. The smallest absolute Gasteiger partial charge is 0.140 e. The molecule has 0 aromatic rings. The summed E-state index contributed by atoms with van der Waals surface area (Å²) >= 11 is 5.07. The molecule has 0 radical (unpaired) electrons. The molecule has 0 amide bonds. The van der Waals surface area contributed by atoms with Crippen LogP contribution in [-0.4, -0.2) is 12.7 Å². The van der Waals surface area contributed by atoms with E-state index in [1.165, 1.54) is 0 Å². The van der Waals surface area contributed by atoms with E-state index in [1.54, 1.807) is 13.8 Å². The van der Waals surface area contributed by atoms with E-state index in [1.807, 2.05) is 0 Å². The van der Waals surface area contributed by atoms with Gasteiger partial charge in [-0.15, -0.1) is 0 Å². The molecule has 1 nitrogen and oxygen atoms in total. The molecule has 0 aliphatic heterocycles. The van der Waals surface area contributed by atoms with Crippen LogP contribution >= 0.6 is 11.6 Å². The second-order valence-electron chi connectivity index (χ2n) is 1.59. The maximum atomic E-state index is 12.3. The molecule has 0 bridgehead atoms. The zero-order chi connectivity index (χ0) is 7.28. The lowest BCUT2D eigenvalue weighted by Crippen LogP contribution is -2.07. The molecule has 0 spiro atoms. The van der Waals surface area contributed by atoms with Crippen LogP contribution in [-0.2, 0) is 4.74 Å². The molecule has 0 aliphatic carbocycles. The molecule has 0 N–H and O–H groups in total. The van der Waals surface area contributed by atoms with Gasteiger partial charge in [0.15, 0.2) is 0 Å². The summed E-state index contributed by atoms with van der Waals surface area (Å²) < 4.78 is 17.2. The molecule has 0 rings (SSSR count). The van der Waals surface area contributed by atoms with Gasteiger partial charge in [0, 0.05) is 12.1 Å². The van der Waals surface area contributed by atoms with Crippen LogP contribution in [0.3, 0.4) is 0 Å². The maximum absolute atomic E-state index is 12.3. The molecule has 0 heterocycles. The van der Waals surface area contributed by atoms with Gasteiger partial charge >= 0.3 is 0 Å². The second kappa shape index (κ2) is 4.77. The number of hydrogen-bond acceptors (Lipinski definition) is 1. The van der Waals surface area contributed by atoms with E-state index in [9.17, 15) is 4.39 Å². The Morgan fingerprint density at radius 2 is 2.44 bits per heavy atom. The first-order chi connectivity index (χ1) is 4.22. The van der Waals surface area contributed by atoms with Gasteiger partial charge in [-0.05, 0) is 13.8 Å². The predicted molar refractivity (Wildman–Crippen MR) is 36.1 cm³/mol. The topological polar surface area (TPSA) is 9.23 Å². The molecular weight excluding hydrogens is 143 g/mol. The van der Waals surface area contributed by atoms with Gasteiger partial charge in [-0.2, -0.15) is 0 Å². The Bertz CT molecular complexity index is 103. The normalized spacial score (nSPS) is 15.8. The van der Waals surface area contributed by atoms with Crippen LogP contribution in [0.4, 0.5) is 4.39 Å². The minimum absolute atomic E-state index is 0.432. The van der Waals surface area contributed by atoms with Crippen molar-refractivity contribution in [3.05, 3.63) is 11.4 Å². The summed E-state index contributed by atoms with van der Waals surface area (Å²) in [6.45, 7) is 3.91. The molecule has 9 heavy (non-hydrogen) atoms. The average Bonchev–Trinajstić information content (AvgIpc) is 1.87. The van der Waals surface area contributed by atoms with E-state index in [2.05, 4.69) is 0 Å². The molecule has 3 heteroatoms. The molecule has 54 valence electrons. The minimum Gasteiger partial charge on any atom is -0.372 e. The van der Waals surface area contributed by atoms with Crippen LogP contribution < -0.4 is 0 Å². The third kappa shape index (κ3) is 3.49. The Balaban J connectivity index is 3.59. The van der Waals surface area contributed by atoms with Crippen molar-refractivity contribution in [2.24, 2.45) is 0 Å². The minimum atomic E-state index is -0.507. The van der Waals surface area contributed by atoms with E-state index < -0.39 is 11.9 Å². The molecule has 0 aliphatic rings. The molecule has 1 atom stereocenters. The quantitative estimate of drug-likeness (QED) is 0.604. The van der Waals surface area contributed by atoms with E-state index >= 15 is 0 Å². The monoisotopic (exact) mass is 152 g/mol. The highest BCUT2D eigenvalue weighted by molar-refractivity contribution is 6.25. The molecule has 0 aromatic carbocycles. The number of halogens is 2. The van der Waals surface area contributed by atoms with Crippen molar-refractivity contribution in [3.63, 3.8) is 0 Å². The molecule has 0 saturated heterocycles. The fourth-order valence-electron chi connectivity index (χ4n) is 0.418. The fourth-order valence-corrected chi connectivity index (χ4v) is 0.596. The fraction of sp³-hybridized carbons (Fsp3) is 0.667. The summed E-state index contributed by atoms with van der Waals surface area (Å²) in [5.41, 5.74) is 0.889. The van der Waals surface area contributed by atoms with Crippen molar-refractivity contribution in [3.8, 4) is 0 Å². The zero-order valence-electron chi connectivity index (χ0n) is 5.53. The van der Waals surface area contributed by atoms with Crippen LogP contribution in [0.2, 0.25) is 0 Å². The third-order valence-electron chi connectivity index (χ3n) is 0.909. The van der Waals surface area contributed by atoms with E-state index in [0.29, 0.717) is 6.61 Å². The Labute approximate surface area is 59.5 Å². The van der Waals surface area contributed by atoms with Crippen molar-refractivity contribution in [1.29, 1.82) is 0 Å². The number of ether oxygens (including phenoxy) is 1. The molecular formula is C6H10ClFO. The van der Waals surface area contributed by atoms with Crippen molar-refractivity contribution >= 4 is 11.6 Å². The summed E-state index contributed by atoms with van der Waals surface area (Å²) in [7, 11) is 0. The van der Waals surface area contributed by atoms with E-state index in [4.69, 9.17) is 16.3 Å². The molecule has 0 fully saturated rings. The Morgan fingerprint density at radius 1 is 1.89 bits per heavy atom. The highest BCUT2D eigenvalue weighted by Crippen LogP contribution is 2.08. The van der Waals surface area contributed by atoms with Gasteiger partial charge in [-0.25, -0.2) is 4.39 Å². The number of rotatable bonds is 3. The summed E-state index contributed by atoms with van der Waals surface area (Å²) in [6, 6.07) is 0. The van der Waals surface area contributed by atoms with Gasteiger partial charge in [0.25, 0.3) is 0 Å². The Kier molecular flexibility index (Phi) is 4.72. The maximum Gasteiger partial charge on any atom is 0.140 e. The average molecular weight is 153 g/mol. The van der Waals surface area contributed by atoms with Crippen LogP contribution in [0.1, 0.15) is 13.8 Å². The number of hydrogen-bond donors (Lipinski definition) is 0. The van der Waals surface area contributed by atoms with Crippen LogP contribution in [0.5, 0.6) is 0 Å². The summed E-state index contributed by atoms with van der Waals surface area (Å²) in [5, 5.41) is 0. The highest BCUT2D eigenvalue weighted by Gasteiger charge is 2.05. The first-order valence-electron chi connectivity index (χ1n) is 2.79. The lowest BCUT2D eigenvalue weighted by atomic mass is 10.4. The second-order valence-corrected chi connectivity index (χ2v) is 1.81. The lowest BCUT2D eigenvalue weighted by molar-refractivity contribution is 0.0857. The summed E-state index contributed by atoms with van der Waals surface area (Å²) in [5.74, 6) is -0.432. The zero-order valence-corrected chi connectivity index (χ0v) is 6.28.